The molecule has 0 saturated heterocycles. The highest BCUT2D eigenvalue weighted by Crippen LogP contribution is 2.20. The van der Waals surface area contributed by atoms with Gasteiger partial charge in [-0.2, -0.15) is 0 Å². The predicted molar refractivity (Wildman–Crippen MR) is 64.7 cm³/mol. The number of nitrogens with zero attached hydrogens (tertiary/aromatic N) is 1. The minimum absolute atomic E-state index is 0.0536. The molecule has 0 radical (unpaired) electrons. The fourth-order valence-electron chi connectivity index (χ4n) is 1.65. The molecule has 0 aliphatic heterocycles. The Kier molecular flexibility index (Phi) is 4.04. The highest BCUT2D eigenvalue weighted by Gasteiger charge is 2.08. The van der Waals surface area contributed by atoms with Crippen LogP contribution in [0, 0.1) is 13.8 Å². The fraction of sp³-hybridized carbons (Fsp3) is 0.462. The third kappa shape index (κ3) is 3.48. The number of aromatic nitrogens is 1. The summed E-state index contributed by atoms with van der Waals surface area (Å²) in [5.74, 6) is 0. The lowest BCUT2D eigenvalue weighted by Crippen LogP contribution is -2.11. The van der Waals surface area contributed by atoms with Crippen LogP contribution in [0.15, 0.2) is 24.3 Å². The maximum atomic E-state index is 6.12. The van der Waals surface area contributed by atoms with Gasteiger partial charge in [0.1, 0.15) is 0 Å². The summed E-state index contributed by atoms with van der Waals surface area (Å²) in [5, 5.41) is 0. The van der Waals surface area contributed by atoms with Crippen molar-refractivity contribution in [3.8, 4) is 0 Å². The van der Waals surface area contributed by atoms with Gasteiger partial charge in [0.2, 0.25) is 0 Å². The number of hydrogen-bond donors (Lipinski definition) is 1. The minimum Gasteiger partial charge on any atom is -0.324 e. The summed E-state index contributed by atoms with van der Waals surface area (Å²) in [7, 11) is 0. The van der Waals surface area contributed by atoms with Crippen molar-refractivity contribution in [1.82, 2.24) is 4.98 Å². The third-order valence-corrected chi connectivity index (χ3v) is 2.54. The second kappa shape index (κ2) is 5.08. The smallest absolute Gasteiger partial charge is 0.0379 e. The Balaban J connectivity index is 2.81. The monoisotopic (exact) mass is 204 g/mol. The molecule has 2 nitrogen and oxygen atoms in total. The molecule has 1 heterocycles. The molecule has 0 aliphatic rings. The van der Waals surface area contributed by atoms with Crippen LogP contribution in [0.4, 0.5) is 0 Å². The molecule has 15 heavy (non-hydrogen) atoms. The SMILES string of the molecule is C=C(CC)CC(N)c1cc(C)nc(C)c1. The normalized spacial score (nSPS) is 12.5. The Bertz CT molecular complexity index is 335. The Hall–Kier alpha value is -1.15. The molecule has 82 valence electrons. The van der Waals surface area contributed by atoms with E-state index in [1.165, 1.54) is 5.57 Å². The highest BCUT2D eigenvalue weighted by atomic mass is 14.7. The number of aryl methyl sites for hydroxylation is 2. The molecule has 1 atom stereocenters. The van der Waals surface area contributed by atoms with Crippen molar-refractivity contribution in [3.05, 3.63) is 41.2 Å². The van der Waals surface area contributed by atoms with Crippen LogP contribution in [0.5, 0.6) is 0 Å². The molecule has 1 rings (SSSR count). The van der Waals surface area contributed by atoms with Gasteiger partial charge in [0, 0.05) is 17.4 Å². The molecule has 1 unspecified atom stereocenters. The van der Waals surface area contributed by atoms with Gasteiger partial charge in [0.05, 0.1) is 0 Å². The maximum absolute atomic E-state index is 6.12. The Labute approximate surface area is 92.2 Å². The average molecular weight is 204 g/mol. The van der Waals surface area contributed by atoms with Gasteiger partial charge in [-0.1, -0.05) is 19.1 Å². The molecule has 0 aromatic carbocycles. The number of rotatable bonds is 4. The van der Waals surface area contributed by atoms with Crippen molar-refractivity contribution in [3.63, 3.8) is 0 Å². The largest absolute Gasteiger partial charge is 0.324 e. The fourth-order valence-corrected chi connectivity index (χ4v) is 1.65. The zero-order valence-electron chi connectivity index (χ0n) is 9.88. The zero-order valence-corrected chi connectivity index (χ0v) is 9.88. The first-order valence-corrected chi connectivity index (χ1v) is 5.40. The number of pyridine rings is 1. The molecule has 2 heteroatoms. The van der Waals surface area contributed by atoms with Gasteiger partial charge >= 0.3 is 0 Å². The topological polar surface area (TPSA) is 38.9 Å². The van der Waals surface area contributed by atoms with Gasteiger partial charge in [0.15, 0.2) is 0 Å². The lowest BCUT2D eigenvalue weighted by atomic mass is 9.99. The second-order valence-corrected chi connectivity index (χ2v) is 4.10. The first-order chi connectivity index (χ1) is 7.02. The lowest BCUT2D eigenvalue weighted by Gasteiger charge is -2.14. The molecule has 0 spiro atoms. The molecular formula is C13H20N2. The zero-order chi connectivity index (χ0) is 11.4. The van der Waals surface area contributed by atoms with E-state index >= 15 is 0 Å². The summed E-state index contributed by atoms with van der Waals surface area (Å²) in [6.07, 6.45) is 1.86. The van der Waals surface area contributed by atoms with E-state index in [1.54, 1.807) is 0 Å². The highest BCUT2D eigenvalue weighted by molar-refractivity contribution is 5.24. The first kappa shape index (κ1) is 11.9. The number of hydrogen-bond acceptors (Lipinski definition) is 2. The Morgan fingerprint density at radius 2 is 1.93 bits per heavy atom. The van der Waals surface area contributed by atoms with Gasteiger partial charge in [0.25, 0.3) is 0 Å². The summed E-state index contributed by atoms with van der Waals surface area (Å²) in [4.78, 5) is 4.34. The van der Waals surface area contributed by atoms with Gasteiger partial charge in [-0.15, -0.1) is 0 Å². The van der Waals surface area contributed by atoms with Crippen molar-refractivity contribution in [2.75, 3.05) is 0 Å². The van der Waals surface area contributed by atoms with E-state index in [4.69, 9.17) is 5.73 Å². The molecule has 2 N–H and O–H groups in total. The van der Waals surface area contributed by atoms with E-state index in [0.29, 0.717) is 0 Å². The van der Waals surface area contributed by atoms with Crippen LogP contribution >= 0.6 is 0 Å². The van der Waals surface area contributed by atoms with Crippen molar-refractivity contribution in [2.45, 2.75) is 39.7 Å². The minimum atomic E-state index is 0.0536. The van der Waals surface area contributed by atoms with Crippen molar-refractivity contribution >= 4 is 0 Å². The molecule has 1 aromatic heterocycles. The van der Waals surface area contributed by atoms with Crippen molar-refractivity contribution in [1.29, 1.82) is 0 Å². The van der Waals surface area contributed by atoms with Gasteiger partial charge < -0.3 is 5.73 Å². The van der Waals surface area contributed by atoms with Crippen LogP contribution in [0.3, 0.4) is 0 Å². The van der Waals surface area contributed by atoms with Crippen LogP contribution in [0.25, 0.3) is 0 Å². The summed E-state index contributed by atoms with van der Waals surface area (Å²) in [6.45, 7) is 10.1. The third-order valence-electron chi connectivity index (χ3n) is 2.54. The van der Waals surface area contributed by atoms with E-state index in [1.807, 2.05) is 13.8 Å². The van der Waals surface area contributed by atoms with Crippen LogP contribution in [0.2, 0.25) is 0 Å². The second-order valence-electron chi connectivity index (χ2n) is 4.10. The Morgan fingerprint density at radius 1 is 1.40 bits per heavy atom. The van der Waals surface area contributed by atoms with Crippen molar-refractivity contribution < 1.29 is 0 Å². The van der Waals surface area contributed by atoms with E-state index < -0.39 is 0 Å². The van der Waals surface area contributed by atoms with Crippen molar-refractivity contribution in [2.24, 2.45) is 5.73 Å². The quantitative estimate of drug-likeness (QED) is 0.765. The standard InChI is InChI=1S/C13H20N2/c1-5-9(2)6-13(14)12-7-10(3)15-11(4)8-12/h7-8,13H,2,5-6,14H2,1,3-4H3. The molecular weight excluding hydrogens is 184 g/mol. The van der Waals surface area contributed by atoms with E-state index in [0.717, 1.165) is 29.8 Å². The summed E-state index contributed by atoms with van der Waals surface area (Å²) in [5.41, 5.74) is 10.5. The van der Waals surface area contributed by atoms with Gasteiger partial charge in [-0.3, -0.25) is 4.98 Å². The van der Waals surface area contributed by atoms with E-state index in [2.05, 4.69) is 30.6 Å². The van der Waals surface area contributed by atoms with Crippen LogP contribution in [0.1, 0.15) is 42.8 Å². The summed E-state index contributed by atoms with van der Waals surface area (Å²) < 4.78 is 0. The molecule has 0 saturated carbocycles. The molecule has 0 aliphatic carbocycles. The first-order valence-electron chi connectivity index (χ1n) is 5.40. The predicted octanol–water partition coefficient (Wildman–Crippen LogP) is 3.05. The molecule has 0 amide bonds. The van der Waals surface area contributed by atoms with Gasteiger partial charge in [-0.25, -0.2) is 0 Å². The Morgan fingerprint density at radius 3 is 2.40 bits per heavy atom. The van der Waals surface area contributed by atoms with E-state index in [9.17, 15) is 0 Å². The molecule has 1 aromatic rings. The summed E-state index contributed by atoms with van der Waals surface area (Å²) in [6, 6.07) is 4.17. The van der Waals surface area contributed by atoms with Crippen LogP contribution < -0.4 is 5.73 Å². The molecule has 0 bridgehead atoms. The maximum Gasteiger partial charge on any atom is 0.0379 e. The van der Waals surface area contributed by atoms with Crippen LogP contribution in [-0.4, -0.2) is 4.98 Å². The van der Waals surface area contributed by atoms with E-state index in [-0.39, 0.29) is 6.04 Å². The van der Waals surface area contributed by atoms with Crippen LogP contribution in [-0.2, 0) is 0 Å². The lowest BCUT2D eigenvalue weighted by molar-refractivity contribution is 0.697. The van der Waals surface area contributed by atoms with Gasteiger partial charge in [-0.05, 0) is 44.4 Å². The number of nitrogens with two attached hydrogens (primary N) is 1. The summed E-state index contributed by atoms with van der Waals surface area (Å²) >= 11 is 0. The average Bonchev–Trinajstić information content (AvgIpc) is 2.16. The molecule has 0 fully saturated rings.